The van der Waals surface area contributed by atoms with Crippen LogP contribution in [0.1, 0.15) is 29.9 Å². The maximum absolute atomic E-state index is 11.8. The maximum atomic E-state index is 11.8. The number of H-pyrrole nitrogens is 1. The zero-order valence-corrected chi connectivity index (χ0v) is 12.0. The second-order valence-electron chi connectivity index (χ2n) is 5.51. The van der Waals surface area contributed by atoms with E-state index >= 15 is 0 Å². The quantitative estimate of drug-likeness (QED) is 0.916. The predicted molar refractivity (Wildman–Crippen MR) is 81.4 cm³/mol. The number of aromatic nitrogens is 2. The van der Waals surface area contributed by atoms with Gasteiger partial charge in [0, 0.05) is 25.5 Å². The number of aromatic amines is 1. The molecule has 1 aliphatic rings. The van der Waals surface area contributed by atoms with Crippen LogP contribution in [-0.4, -0.2) is 22.7 Å². The van der Waals surface area contributed by atoms with E-state index in [4.69, 9.17) is 4.74 Å². The van der Waals surface area contributed by atoms with Crippen molar-refractivity contribution >= 4 is 0 Å². The molecule has 3 rings (SSSR count). The maximum Gasteiger partial charge on any atom is 0.251 e. The van der Waals surface area contributed by atoms with Crippen LogP contribution in [0.4, 0.5) is 0 Å². The molecule has 0 amide bonds. The standard InChI is InChI=1S/C17H20N2O2/c20-17-12-14(11-15-7-4-10-21-15)18-16(19-17)9-8-13-5-2-1-3-6-13/h1-3,5-6,12,15H,4,7-11H2,(H,18,19,20). The summed E-state index contributed by atoms with van der Waals surface area (Å²) in [5, 5.41) is 0. The number of rotatable bonds is 5. The van der Waals surface area contributed by atoms with Crippen LogP contribution >= 0.6 is 0 Å². The summed E-state index contributed by atoms with van der Waals surface area (Å²) in [5.41, 5.74) is 2.03. The molecule has 1 aromatic carbocycles. The van der Waals surface area contributed by atoms with E-state index in [-0.39, 0.29) is 11.7 Å². The molecular weight excluding hydrogens is 264 g/mol. The SMILES string of the molecule is O=c1cc(CC2CCCO2)nc(CCc2ccccc2)[nH]1. The fourth-order valence-corrected chi connectivity index (χ4v) is 2.73. The second kappa shape index (κ2) is 6.68. The molecule has 2 heterocycles. The van der Waals surface area contributed by atoms with Crippen molar-refractivity contribution in [1.82, 2.24) is 9.97 Å². The van der Waals surface area contributed by atoms with Gasteiger partial charge in [-0.15, -0.1) is 0 Å². The highest BCUT2D eigenvalue weighted by Gasteiger charge is 2.17. The topological polar surface area (TPSA) is 55.0 Å². The van der Waals surface area contributed by atoms with Gasteiger partial charge in [0.15, 0.2) is 0 Å². The molecular formula is C17H20N2O2. The average molecular weight is 284 g/mol. The molecule has 4 nitrogen and oxygen atoms in total. The Bertz CT molecular complexity index is 631. The van der Waals surface area contributed by atoms with Gasteiger partial charge in [0.2, 0.25) is 0 Å². The molecule has 0 spiro atoms. The lowest BCUT2D eigenvalue weighted by molar-refractivity contribution is 0.110. The lowest BCUT2D eigenvalue weighted by Crippen LogP contribution is -2.17. The van der Waals surface area contributed by atoms with Crippen LogP contribution in [-0.2, 0) is 24.0 Å². The van der Waals surface area contributed by atoms with Crippen LogP contribution in [0.3, 0.4) is 0 Å². The molecule has 2 aromatic rings. The minimum absolute atomic E-state index is 0.0685. The minimum Gasteiger partial charge on any atom is -0.378 e. The molecule has 21 heavy (non-hydrogen) atoms. The number of benzene rings is 1. The van der Waals surface area contributed by atoms with Gasteiger partial charge in [-0.05, 0) is 24.8 Å². The zero-order valence-electron chi connectivity index (χ0n) is 12.0. The van der Waals surface area contributed by atoms with Gasteiger partial charge in [-0.25, -0.2) is 4.98 Å². The summed E-state index contributed by atoms with van der Waals surface area (Å²) in [6.45, 7) is 0.828. The van der Waals surface area contributed by atoms with E-state index in [0.29, 0.717) is 0 Å². The number of hydrogen-bond acceptors (Lipinski definition) is 3. The normalized spacial score (nSPS) is 18.0. The van der Waals surface area contributed by atoms with Crippen LogP contribution in [0.15, 0.2) is 41.2 Å². The summed E-state index contributed by atoms with van der Waals surface area (Å²) in [5.74, 6) is 0.763. The first-order valence-corrected chi connectivity index (χ1v) is 7.54. The number of hydrogen-bond donors (Lipinski definition) is 1. The fourth-order valence-electron chi connectivity index (χ4n) is 2.73. The molecule has 0 saturated carbocycles. The Kier molecular flexibility index (Phi) is 4.46. The van der Waals surface area contributed by atoms with Crippen LogP contribution in [0.2, 0.25) is 0 Å². The third-order valence-electron chi connectivity index (χ3n) is 3.80. The molecule has 1 atom stereocenters. The molecule has 1 aliphatic heterocycles. The van der Waals surface area contributed by atoms with Crippen LogP contribution in [0.25, 0.3) is 0 Å². The first kappa shape index (κ1) is 14.0. The summed E-state index contributed by atoms with van der Waals surface area (Å²) < 4.78 is 5.61. The van der Waals surface area contributed by atoms with Gasteiger partial charge in [-0.1, -0.05) is 30.3 Å². The number of nitrogens with zero attached hydrogens (tertiary/aromatic N) is 1. The zero-order chi connectivity index (χ0) is 14.5. The highest BCUT2D eigenvalue weighted by Crippen LogP contribution is 2.15. The molecule has 0 aliphatic carbocycles. The van der Waals surface area contributed by atoms with Crippen molar-refractivity contribution in [2.24, 2.45) is 0 Å². The Labute approximate surface area is 124 Å². The lowest BCUT2D eigenvalue weighted by Gasteiger charge is -2.09. The van der Waals surface area contributed by atoms with E-state index in [1.54, 1.807) is 6.07 Å². The van der Waals surface area contributed by atoms with Gasteiger partial charge in [-0.2, -0.15) is 0 Å². The van der Waals surface area contributed by atoms with Gasteiger partial charge in [0.1, 0.15) is 5.82 Å². The predicted octanol–water partition coefficient (Wildman–Crippen LogP) is 2.28. The van der Waals surface area contributed by atoms with E-state index in [1.165, 1.54) is 5.56 Å². The molecule has 1 N–H and O–H groups in total. The van der Waals surface area contributed by atoms with Crippen molar-refractivity contribution in [1.29, 1.82) is 0 Å². The van der Waals surface area contributed by atoms with E-state index in [0.717, 1.165) is 50.2 Å². The van der Waals surface area contributed by atoms with E-state index in [2.05, 4.69) is 22.1 Å². The number of nitrogens with one attached hydrogen (secondary N) is 1. The van der Waals surface area contributed by atoms with Gasteiger partial charge in [0.25, 0.3) is 5.56 Å². The Balaban J connectivity index is 1.67. The van der Waals surface area contributed by atoms with Crippen molar-refractivity contribution in [2.45, 2.75) is 38.2 Å². The van der Waals surface area contributed by atoms with E-state index in [1.807, 2.05) is 18.2 Å². The highest BCUT2D eigenvalue weighted by atomic mass is 16.5. The first-order chi connectivity index (χ1) is 10.3. The summed E-state index contributed by atoms with van der Waals surface area (Å²) in [6.07, 6.45) is 4.76. The second-order valence-corrected chi connectivity index (χ2v) is 5.51. The summed E-state index contributed by atoms with van der Waals surface area (Å²) >= 11 is 0. The van der Waals surface area contributed by atoms with Crippen LogP contribution < -0.4 is 5.56 Å². The Morgan fingerprint density at radius 2 is 2.10 bits per heavy atom. The number of ether oxygens (including phenoxy) is 1. The van der Waals surface area contributed by atoms with Gasteiger partial charge >= 0.3 is 0 Å². The van der Waals surface area contributed by atoms with E-state index in [9.17, 15) is 4.79 Å². The number of aryl methyl sites for hydroxylation is 2. The molecule has 1 saturated heterocycles. The molecule has 110 valence electrons. The van der Waals surface area contributed by atoms with Crippen molar-refractivity contribution in [3.63, 3.8) is 0 Å². The van der Waals surface area contributed by atoms with Crippen molar-refractivity contribution < 1.29 is 4.74 Å². The monoisotopic (exact) mass is 284 g/mol. The molecule has 1 aromatic heterocycles. The molecule has 1 unspecified atom stereocenters. The van der Waals surface area contributed by atoms with Crippen molar-refractivity contribution in [2.75, 3.05) is 6.61 Å². The van der Waals surface area contributed by atoms with Crippen molar-refractivity contribution in [3.8, 4) is 0 Å². The Hall–Kier alpha value is -1.94. The molecule has 1 fully saturated rings. The van der Waals surface area contributed by atoms with E-state index < -0.39 is 0 Å². The molecule has 0 radical (unpaired) electrons. The van der Waals surface area contributed by atoms with Crippen LogP contribution in [0.5, 0.6) is 0 Å². The average Bonchev–Trinajstić information content (AvgIpc) is 2.99. The third kappa shape index (κ3) is 4.02. The Morgan fingerprint density at radius 1 is 1.24 bits per heavy atom. The first-order valence-electron chi connectivity index (χ1n) is 7.54. The smallest absolute Gasteiger partial charge is 0.251 e. The largest absolute Gasteiger partial charge is 0.378 e. The summed E-state index contributed by atoms with van der Waals surface area (Å²) in [6, 6.07) is 11.8. The van der Waals surface area contributed by atoms with Crippen molar-refractivity contribution in [3.05, 3.63) is 63.8 Å². The third-order valence-corrected chi connectivity index (χ3v) is 3.80. The van der Waals surface area contributed by atoms with Crippen LogP contribution in [0, 0.1) is 0 Å². The molecule has 0 bridgehead atoms. The van der Waals surface area contributed by atoms with Gasteiger partial charge in [-0.3, -0.25) is 4.79 Å². The van der Waals surface area contributed by atoms with Gasteiger partial charge in [0.05, 0.1) is 11.8 Å². The minimum atomic E-state index is -0.0685. The van der Waals surface area contributed by atoms with Gasteiger partial charge < -0.3 is 9.72 Å². The highest BCUT2D eigenvalue weighted by molar-refractivity contribution is 5.16. The Morgan fingerprint density at radius 3 is 2.86 bits per heavy atom. The lowest BCUT2D eigenvalue weighted by atomic mass is 10.1. The summed E-state index contributed by atoms with van der Waals surface area (Å²) in [4.78, 5) is 19.2. The molecule has 4 heteroatoms. The fraction of sp³-hybridized carbons (Fsp3) is 0.412. The summed E-state index contributed by atoms with van der Waals surface area (Å²) in [7, 11) is 0.